The molecule has 1 aliphatic rings. The summed E-state index contributed by atoms with van der Waals surface area (Å²) in [5.41, 5.74) is 0.728. The van der Waals surface area contributed by atoms with Crippen molar-refractivity contribution in [2.24, 2.45) is 10.8 Å². The molecule has 4 nitrogen and oxygen atoms in total. The van der Waals surface area contributed by atoms with Crippen LogP contribution >= 0.6 is 11.6 Å². The van der Waals surface area contributed by atoms with Crippen molar-refractivity contribution in [2.45, 2.75) is 47.1 Å². The van der Waals surface area contributed by atoms with Gasteiger partial charge in [0.15, 0.2) is 0 Å². The molecule has 0 aliphatic heterocycles. The summed E-state index contributed by atoms with van der Waals surface area (Å²) < 4.78 is 0. The Balaban J connectivity index is 2.06. The van der Waals surface area contributed by atoms with Crippen LogP contribution in [0.4, 0.5) is 5.82 Å². The van der Waals surface area contributed by atoms with Gasteiger partial charge in [-0.2, -0.15) is 0 Å². The minimum absolute atomic E-state index is 0.114. The summed E-state index contributed by atoms with van der Waals surface area (Å²) in [6.45, 7) is 11.5. The highest BCUT2D eigenvalue weighted by atomic mass is 35.5. The van der Waals surface area contributed by atoms with E-state index in [-0.39, 0.29) is 22.8 Å². The average Bonchev–Trinajstić information content (AvgIpc) is 2.79. The number of rotatable bonds is 5. The molecule has 1 aliphatic carbocycles. The third-order valence-corrected chi connectivity index (χ3v) is 5.23. The Hall–Kier alpha value is -1.29. The van der Waals surface area contributed by atoms with E-state index in [0.29, 0.717) is 16.4 Å². The fourth-order valence-corrected chi connectivity index (χ4v) is 2.94. The molecule has 0 spiro atoms. The Morgan fingerprint density at radius 2 is 1.95 bits per heavy atom. The van der Waals surface area contributed by atoms with E-state index in [1.165, 1.54) is 0 Å². The van der Waals surface area contributed by atoms with Gasteiger partial charge in [-0.1, -0.05) is 46.2 Å². The van der Waals surface area contributed by atoms with Crippen LogP contribution in [0.25, 0.3) is 0 Å². The summed E-state index contributed by atoms with van der Waals surface area (Å²) in [4.78, 5) is 16.6. The number of anilines is 1. The first-order chi connectivity index (χ1) is 9.71. The van der Waals surface area contributed by atoms with Crippen molar-refractivity contribution in [3.05, 3.63) is 22.8 Å². The summed E-state index contributed by atoms with van der Waals surface area (Å²) in [6.07, 6.45) is 2.56. The lowest BCUT2D eigenvalue weighted by Crippen LogP contribution is -2.29. The molecule has 1 aromatic rings. The highest BCUT2D eigenvalue weighted by molar-refractivity contribution is 6.33. The minimum Gasteiger partial charge on any atom is -0.369 e. The third-order valence-electron chi connectivity index (χ3n) is 4.94. The number of amides is 1. The molecular weight excluding hydrogens is 286 g/mol. The van der Waals surface area contributed by atoms with Crippen LogP contribution in [0.1, 0.15) is 51.4 Å². The molecule has 0 unspecified atom stereocenters. The van der Waals surface area contributed by atoms with Gasteiger partial charge in [-0.15, -0.1) is 0 Å². The monoisotopic (exact) mass is 309 g/mol. The zero-order valence-corrected chi connectivity index (χ0v) is 14.1. The smallest absolute Gasteiger partial charge is 0.253 e. The summed E-state index contributed by atoms with van der Waals surface area (Å²) in [5, 5.41) is 6.69. The quantitative estimate of drug-likeness (QED) is 0.871. The standard InChI is InChI=1S/C16H24ClN3O/c1-6-7-18-12-11(17)8-10(9-19-12)13(21)20-14-15(2,3)16(14,4)5/h8-9,14H,6-7H2,1-5H3,(H,18,19)(H,20,21). The fourth-order valence-electron chi connectivity index (χ4n) is 2.71. The molecule has 21 heavy (non-hydrogen) atoms. The molecule has 1 aromatic heterocycles. The number of hydrogen-bond acceptors (Lipinski definition) is 3. The zero-order chi connectivity index (χ0) is 15.8. The maximum Gasteiger partial charge on any atom is 0.253 e. The van der Waals surface area contributed by atoms with Crippen molar-refractivity contribution in [3.8, 4) is 0 Å². The van der Waals surface area contributed by atoms with Gasteiger partial charge in [0, 0.05) is 18.8 Å². The highest BCUT2D eigenvalue weighted by Crippen LogP contribution is 2.62. The average molecular weight is 310 g/mol. The molecule has 2 rings (SSSR count). The van der Waals surface area contributed by atoms with Crippen LogP contribution in [0.5, 0.6) is 0 Å². The second-order valence-corrected chi connectivity index (χ2v) is 7.24. The van der Waals surface area contributed by atoms with E-state index >= 15 is 0 Å². The van der Waals surface area contributed by atoms with Crippen molar-refractivity contribution in [1.29, 1.82) is 0 Å². The number of aromatic nitrogens is 1. The normalized spacial score (nSPS) is 19.1. The maximum atomic E-state index is 12.3. The van der Waals surface area contributed by atoms with Crippen LogP contribution in [0, 0.1) is 10.8 Å². The molecule has 0 radical (unpaired) electrons. The number of carbonyl (C=O) groups is 1. The van der Waals surface area contributed by atoms with E-state index in [2.05, 4.69) is 50.2 Å². The molecule has 0 atom stereocenters. The van der Waals surface area contributed by atoms with Crippen LogP contribution in [-0.2, 0) is 0 Å². The first-order valence-corrected chi connectivity index (χ1v) is 7.80. The maximum absolute atomic E-state index is 12.3. The molecular formula is C16H24ClN3O. The second kappa shape index (κ2) is 5.48. The van der Waals surface area contributed by atoms with E-state index in [4.69, 9.17) is 11.6 Å². The summed E-state index contributed by atoms with van der Waals surface area (Å²) >= 11 is 6.17. The van der Waals surface area contributed by atoms with Crippen molar-refractivity contribution in [1.82, 2.24) is 10.3 Å². The lowest BCUT2D eigenvalue weighted by molar-refractivity contribution is 0.0943. The van der Waals surface area contributed by atoms with E-state index in [1.807, 2.05) is 0 Å². The first kappa shape index (κ1) is 16.1. The van der Waals surface area contributed by atoms with Gasteiger partial charge in [-0.25, -0.2) is 4.98 Å². The van der Waals surface area contributed by atoms with Gasteiger partial charge < -0.3 is 10.6 Å². The predicted octanol–water partition coefficient (Wildman–Crippen LogP) is 3.72. The molecule has 5 heteroatoms. The van der Waals surface area contributed by atoms with Crippen molar-refractivity contribution in [3.63, 3.8) is 0 Å². The third kappa shape index (κ3) is 2.86. The zero-order valence-electron chi connectivity index (χ0n) is 13.4. The van der Waals surface area contributed by atoms with E-state index < -0.39 is 0 Å². The van der Waals surface area contributed by atoms with Gasteiger partial charge in [0.25, 0.3) is 5.91 Å². The number of nitrogens with one attached hydrogen (secondary N) is 2. The molecule has 0 aromatic carbocycles. The Bertz CT molecular complexity index is 540. The molecule has 1 saturated carbocycles. The van der Waals surface area contributed by atoms with Crippen molar-refractivity contribution in [2.75, 3.05) is 11.9 Å². The molecule has 116 valence electrons. The van der Waals surface area contributed by atoms with Gasteiger partial charge in [-0.05, 0) is 23.3 Å². The summed E-state index contributed by atoms with van der Waals surface area (Å²) in [7, 11) is 0. The molecule has 1 heterocycles. The molecule has 2 N–H and O–H groups in total. The van der Waals surface area contributed by atoms with Crippen LogP contribution in [-0.4, -0.2) is 23.5 Å². The Morgan fingerprint density at radius 3 is 2.43 bits per heavy atom. The van der Waals surface area contributed by atoms with Crippen LogP contribution < -0.4 is 10.6 Å². The largest absolute Gasteiger partial charge is 0.369 e. The first-order valence-electron chi connectivity index (χ1n) is 7.42. The molecule has 1 fully saturated rings. The van der Waals surface area contributed by atoms with Gasteiger partial charge in [0.1, 0.15) is 5.82 Å². The van der Waals surface area contributed by atoms with E-state index in [0.717, 1.165) is 13.0 Å². The number of hydrogen-bond donors (Lipinski definition) is 2. The predicted molar refractivity (Wildman–Crippen MR) is 86.8 cm³/mol. The molecule has 0 bridgehead atoms. The van der Waals surface area contributed by atoms with Crippen molar-refractivity contribution >= 4 is 23.3 Å². The van der Waals surface area contributed by atoms with E-state index in [9.17, 15) is 4.79 Å². The fraction of sp³-hybridized carbons (Fsp3) is 0.625. The van der Waals surface area contributed by atoms with Gasteiger partial charge in [-0.3, -0.25) is 4.79 Å². The topological polar surface area (TPSA) is 54.0 Å². The van der Waals surface area contributed by atoms with Gasteiger partial charge in [0.05, 0.1) is 10.6 Å². The van der Waals surface area contributed by atoms with Crippen molar-refractivity contribution < 1.29 is 4.79 Å². The highest BCUT2D eigenvalue weighted by Gasteiger charge is 2.65. The number of carbonyl (C=O) groups excluding carboxylic acids is 1. The van der Waals surface area contributed by atoms with Crippen LogP contribution in [0.2, 0.25) is 5.02 Å². The lowest BCUT2D eigenvalue weighted by Gasteiger charge is -2.09. The Morgan fingerprint density at radius 1 is 1.33 bits per heavy atom. The van der Waals surface area contributed by atoms with Gasteiger partial charge in [0.2, 0.25) is 0 Å². The summed E-state index contributed by atoms with van der Waals surface area (Å²) in [5.74, 6) is 0.511. The van der Waals surface area contributed by atoms with E-state index in [1.54, 1.807) is 12.3 Å². The Labute approximate surface area is 131 Å². The van der Waals surface area contributed by atoms with Gasteiger partial charge >= 0.3 is 0 Å². The van der Waals surface area contributed by atoms with Crippen LogP contribution in [0.15, 0.2) is 12.3 Å². The lowest BCUT2D eigenvalue weighted by atomic mass is 10.0. The van der Waals surface area contributed by atoms with Crippen LogP contribution in [0.3, 0.4) is 0 Å². The Kier molecular flexibility index (Phi) is 4.20. The summed E-state index contributed by atoms with van der Waals surface area (Å²) in [6, 6.07) is 1.85. The number of pyridine rings is 1. The minimum atomic E-state index is -0.116. The second-order valence-electron chi connectivity index (χ2n) is 6.83. The number of nitrogens with zero attached hydrogens (tertiary/aromatic N) is 1. The molecule has 0 saturated heterocycles. The SMILES string of the molecule is CCCNc1ncc(C(=O)NC2C(C)(C)C2(C)C)cc1Cl. The molecule has 1 amide bonds. The number of halogens is 1.